The lowest BCUT2D eigenvalue weighted by Gasteiger charge is -2.43. The van der Waals surface area contributed by atoms with Gasteiger partial charge in [0, 0.05) is 35.8 Å². The Morgan fingerprint density at radius 3 is 2.29 bits per heavy atom. The normalized spacial score (nSPS) is 14.6. The van der Waals surface area contributed by atoms with Crippen LogP contribution in [0.2, 0.25) is 0 Å². The van der Waals surface area contributed by atoms with Gasteiger partial charge < -0.3 is 20.5 Å². The molecule has 1 unspecified atom stereocenters. The SMILES string of the molecule is CC(C)(C)C(NC(=O)c1cc2ccccc2[nH]1)C(=O)N1CC(NC(=O)c2ccc(-c3ccccc3)cn2)C1. The van der Waals surface area contributed by atoms with Gasteiger partial charge in [-0.2, -0.15) is 0 Å². The number of hydrogen-bond donors (Lipinski definition) is 3. The van der Waals surface area contributed by atoms with Crippen LogP contribution in [0.1, 0.15) is 41.7 Å². The molecule has 5 rings (SSSR count). The zero-order chi connectivity index (χ0) is 26.9. The lowest BCUT2D eigenvalue weighted by atomic mass is 9.85. The fraction of sp³-hybridized carbons (Fsp3) is 0.267. The molecule has 1 atom stereocenters. The number of rotatable bonds is 6. The molecular weight excluding hydrogens is 478 g/mol. The highest BCUT2D eigenvalue weighted by atomic mass is 16.2. The Morgan fingerprint density at radius 2 is 1.63 bits per heavy atom. The summed E-state index contributed by atoms with van der Waals surface area (Å²) < 4.78 is 0. The number of H-pyrrole nitrogens is 1. The molecule has 1 aliphatic rings. The van der Waals surface area contributed by atoms with E-state index in [2.05, 4.69) is 20.6 Å². The van der Waals surface area contributed by atoms with Gasteiger partial charge in [-0.15, -0.1) is 0 Å². The van der Waals surface area contributed by atoms with Crippen LogP contribution in [-0.4, -0.2) is 57.8 Å². The average molecular weight is 510 g/mol. The van der Waals surface area contributed by atoms with Crippen LogP contribution in [0.5, 0.6) is 0 Å². The Bertz CT molecular complexity index is 1430. The van der Waals surface area contributed by atoms with Gasteiger partial charge in [0.05, 0.1) is 6.04 Å². The highest BCUT2D eigenvalue weighted by molar-refractivity contribution is 6.00. The number of hydrogen-bond acceptors (Lipinski definition) is 4. The van der Waals surface area contributed by atoms with Gasteiger partial charge in [-0.3, -0.25) is 19.4 Å². The molecule has 0 spiro atoms. The molecule has 1 aliphatic heterocycles. The second-order valence-electron chi connectivity index (χ2n) is 10.8. The molecule has 0 aliphatic carbocycles. The molecule has 3 N–H and O–H groups in total. The summed E-state index contributed by atoms with van der Waals surface area (Å²) in [6.07, 6.45) is 1.69. The Labute approximate surface area is 221 Å². The number of benzene rings is 2. The monoisotopic (exact) mass is 509 g/mol. The predicted octanol–water partition coefficient (Wildman–Crippen LogP) is 4.02. The Morgan fingerprint density at radius 1 is 0.921 bits per heavy atom. The van der Waals surface area contributed by atoms with Gasteiger partial charge in [-0.05, 0) is 29.2 Å². The van der Waals surface area contributed by atoms with E-state index < -0.39 is 11.5 Å². The Balaban J connectivity index is 1.18. The van der Waals surface area contributed by atoms with Crippen molar-refractivity contribution in [3.63, 3.8) is 0 Å². The molecule has 1 saturated heterocycles. The summed E-state index contributed by atoms with van der Waals surface area (Å²) in [5.41, 5.74) is 3.06. The molecule has 1 fully saturated rings. The molecule has 0 bridgehead atoms. The molecule has 8 heteroatoms. The van der Waals surface area contributed by atoms with Gasteiger partial charge in [0.2, 0.25) is 5.91 Å². The third-order valence-electron chi connectivity index (χ3n) is 6.79. The van der Waals surface area contributed by atoms with E-state index in [-0.39, 0.29) is 23.8 Å². The minimum Gasteiger partial charge on any atom is -0.351 e. The number of aromatic nitrogens is 2. The van der Waals surface area contributed by atoms with Crippen molar-refractivity contribution >= 4 is 28.6 Å². The minimum absolute atomic E-state index is 0.169. The van der Waals surface area contributed by atoms with Crippen molar-refractivity contribution in [3.05, 3.63) is 90.4 Å². The van der Waals surface area contributed by atoms with E-state index in [0.29, 0.717) is 24.5 Å². The standard InChI is InChI=1S/C30H31N5O3/c1-30(2,3)26(34-28(37)25-15-20-11-7-8-12-23(20)33-25)29(38)35-17-22(18-35)32-27(36)24-14-13-21(16-31-24)19-9-5-4-6-10-19/h4-16,22,26,33H,17-18H2,1-3H3,(H,32,36)(H,34,37). The summed E-state index contributed by atoms with van der Waals surface area (Å²) in [7, 11) is 0. The fourth-order valence-electron chi connectivity index (χ4n) is 4.57. The summed E-state index contributed by atoms with van der Waals surface area (Å²) in [6, 6.07) is 21.9. The number of pyridine rings is 1. The first-order valence-electron chi connectivity index (χ1n) is 12.7. The molecular formula is C30H31N5O3. The predicted molar refractivity (Wildman–Crippen MR) is 147 cm³/mol. The first kappa shape index (κ1) is 25.2. The number of aromatic amines is 1. The number of para-hydroxylation sites is 1. The van der Waals surface area contributed by atoms with Gasteiger partial charge in [-0.1, -0.05) is 75.4 Å². The third kappa shape index (κ3) is 5.29. The first-order chi connectivity index (χ1) is 18.2. The van der Waals surface area contributed by atoms with Gasteiger partial charge in [-0.25, -0.2) is 0 Å². The van der Waals surface area contributed by atoms with Crippen LogP contribution in [0, 0.1) is 5.41 Å². The topological polar surface area (TPSA) is 107 Å². The van der Waals surface area contributed by atoms with E-state index in [4.69, 9.17) is 0 Å². The Hall–Kier alpha value is -4.46. The highest BCUT2D eigenvalue weighted by Crippen LogP contribution is 2.25. The maximum Gasteiger partial charge on any atom is 0.270 e. The van der Waals surface area contributed by atoms with E-state index in [1.54, 1.807) is 23.2 Å². The number of likely N-dealkylation sites (tertiary alicyclic amines) is 1. The molecule has 0 radical (unpaired) electrons. The van der Waals surface area contributed by atoms with Crippen LogP contribution in [-0.2, 0) is 4.79 Å². The fourth-order valence-corrected chi connectivity index (χ4v) is 4.57. The summed E-state index contributed by atoms with van der Waals surface area (Å²) in [4.78, 5) is 48.2. The zero-order valence-electron chi connectivity index (χ0n) is 21.7. The van der Waals surface area contributed by atoms with Crippen LogP contribution in [0.25, 0.3) is 22.0 Å². The molecule has 194 valence electrons. The first-order valence-corrected chi connectivity index (χ1v) is 12.7. The van der Waals surface area contributed by atoms with E-state index in [9.17, 15) is 14.4 Å². The van der Waals surface area contributed by atoms with E-state index in [0.717, 1.165) is 22.0 Å². The number of nitrogens with zero attached hydrogens (tertiary/aromatic N) is 2. The summed E-state index contributed by atoms with van der Waals surface area (Å²) in [6.45, 7) is 6.52. The van der Waals surface area contributed by atoms with Gasteiger partial charge in [0.25, 0.3) is 11.8 Å². The van der Waals surface area contributed by atoms with Gasteiger partial charge in [0.15, 0.2) is 0 Å². The molecule has 3 heterocycles. The summed E-state index contributed by atoms with van der Waals surface area (Å²) in [5, 5.41) is 6.81. The van der Waals surface area contributed by atoms with Crippen LogP contribution in [0.4, 0.5) is 0 Å². The van der Waals surface area contributed by atoms with Crippen molar-refractivity contribution in [1.82, 2.24) is 25.5 Å². The average Bonchev–Trinajstić information content (AvgIpc) is 3.33. The zero-order valence-corrected chi connectivity index (χ0v) is 21.7. The number of amides is 3. The smallest absolute Gasteiger partial charge is 0.270 e. The highest BCUT2D eigenvalue weighted by Gasteiger charge is 2.41. The van der Waals surface area contributed by atoms with E-state index in [1.165, 1.54) is 0 Å². The molecule has 2 aromatic heterocycles. The van der Waals surface area contributed by atoms with Gasteiger partial charge in [0.1, 0.15) is 17.4 Å². The van der Waals surface area contributed by atoms with Gasteiger partial charge >= 0.3 is 0 Å². The Kier molecular flexibility index (Phi) is 6.72. The summed E-state index contributed by atoms with van der Waals surface area (Å²) >= 11 is 0. The van der Waals surface area contributed by atoms with Crippen molar-refractivity contribution in [3.8, 4) is 11.1 Å². The van der Waals surface area contributed by atoms with Crippen molar-refractivity contribution in [2.24, 2.45) is 5.41 Å². The third-order valence-corrected chi connectivity index (χ3v) is 6.79. The number of carbonyl (C=O) groups is 3. The van der Waals surface area contributed by atoms with Crippen LogP contribution in [0.15, 0.2) is 79.0 Å². The van der Waals surface area contributed by atoms with Crippen molar-refractivity contribution < 1.29 is 14.4 Å². The van der Waals surface area contributed by atoms with Crippen LogP contribution >= 0.6 is 0 Å². The molecule has 3 amide bonds. The van der Waals surface area contributed by atoms with Crippen molar-refractivity contribution in [2.45, 2.75) is 32.9 Å². The van der Waals surface area contributed by atoms with Crippen molar-refractivity contribution in [2.75, 3.05) is 13.1 Å². The molecule has 2 aromatic carbocycles. The lowest BCUT2D eigenvalue weighted by molar-refractivity contribution is -0.140. The lowest BCUT2D eigenvalue weighted by Crippen LogP contribution is -2.66. The van der Waals surface area contributed by atoms with Crippen LogP contribution < -0.4 is 10.6 Å². The quantitative estimate of drug-likeness (QED) is 0.365. The number of nitrogens with one attached hydrogen (secondary N) is 3. The largest absolute Gasteiger partial charge is 0.351 e. The molecule has 38 heavy (non-hydrogen) atoms. The maximum atomic E-state index is 13.4. The van der Waals surface area contributed by atoms with E-state index in [1.807, 2.05) is 81.4 Å². The molecule has 8 nitrogen and oxygen atoms in total. The molecule has 0 saturated carbocycles. The van der Waals surface area contributed by atoms with Crippen molar-refractivity contribution in [1.29, 1.82) is 0 Å². The van der Waals surface area contributed by atoms with Crippen LogP contribution in [0.3, 0.4) is 0 Å². The summed E-state index contributed by atoms with van der Waals surface area (Å²) in [5.74, 6) is -0.774. The molecule has 4 aromatic rings. The number of carbonyl (C=O) groups excluding carboxylic acids is 3. The maximum absolute atomic E-state index is 13.4. The number of fused-ring (bicyclic) bond motifs is 1. The van der Waals surface area contributed by atoms with E-state index >= 15 is 0 Å². The minimum atomic E-state index is -0.717. The second-order valence-corrected chi connectivity index (χ2v) is 10.8. The second kappa shape index (κ2) is 10.1.